The Balaban J connectivity index is 2.93. The highest BCUT2D eigenvalue weighted by Gasteiger charge is 2.20. The van der Waals surface area contributed by atoms with Crippen LogP contribution in [0.25, 0.3) is 0 Å². The molecule has 1 aromatic heterocycles. The Kier molecular flexibility index (Phi) is 3.88. The van der Waals surface area contributed by atoms with Crippen LogP contribution in [0.4, 0.5) is 0 Å². The zero-order chi connectivity index (χ0) is 13.2. The predicted octanol–water partition coefficient (Wildman–Crippen LogP) is 0.929. The quantitative estimate of drug-likeness (QED) is 0.848. The van der Waals surface area contributed by atoms with E-state index in [2.05, 4.69) is 5.10 Å². The van der Waals surface area contributed by atoms with E-state index < -0.39 is 5.97 Å². The third-order valence-corrected chi connectivity index (χ3v) is 2.48. The minimum Gasteiger partial charge on any atom is -0.480 e. The number of aliphatic carboxylic acids is 1. The Hall–Kier alpha value is -1.85. The van der Waals surface area contributed by atoms with Crippen LogP contribution in [0, 0.1) is 6.92 Å². The van der Waals surface area contributed by atoms with Crippen molar-refractivity contribution in [2.75, 3.05) is 13.6 Å². The lowest BCUT2D eigenvalue weighted by molar-refractivity contribution is -0.137. The fourth-order valence-electron chi connectivity index (χ4n) is 1.63. The van der Waals surface area contributed by atoms with Gasteiger partial charge in [0.15, 0.2) is 0 Å². The molecule has 1 rings (SSSR count). The molecule has 1 heterocycles. The first-order chi connectivity index (χ1) is 7.84. The van der Waals surface area contributed by atoms with Gasteiger partial charge in [0.1, 0.15) is 6.54 Å². The van der Waals surface area contributed by atoms with Crippen molar-refractivity contribution in [3.8, 4) is 0 Å². The number of aromatic nitrogens is 2. The van der Waals surface area contributed by atoms with E-state index in [1.165, 1.54) is 13.2 Å². The molecule has 6 heteroatoms. The first-order valence-electron chi connectivity index (χ1n) is 5.36. The molecular weight excluding hydrogens is 222 g/mol. The molecular formula is C11H17N3O3. The van der Waals surface area contributed by atoms with Gasteiger partial charge in [-0.05, 0) is 20.8 Å². The largest absolute Gasteiger partial charge is 0.480 e. The van der Waals surface area contributed by atoms with Crippen LogP contribution in [0.1, 0.15) is 35.9 Å². The molecule has 0 fully saturated rings. The fourth-order valence-corrected chi connectivity index (χ4v) is 1.63. The van der Waals surface area contributed by atoms with E-state index in [-0.39, 0.29) is 18.5 Å². The number of carboxylic acid groups (broad SMARTS) is 1. The van der Waals surface area contributed by atoms with Gasteiger partial charge in [-0.1, -0.05) is 0 Å². The summed E-state index contributed by atoms with van der Waals surface area (Å²) in [5.74, 6) is -1.36. The summed E-state index contributed by atoms with van der Waals surface area (Å²) in [5.41, 5.74) is 1.20. The molecule has 0 aliphatic carbocycles. The monoisotopic (exact) mass is 239 g/mol. The molecule has 0 saturated heterocycles. The zero-order valence-electron chi connectivity index (χ0n) is 10.5. The van der Waals surface area contributed by atoms with Gasteiger partial charge in [0.05, 0.1) is 11.8 Å². The number of amides is 1. The van der Waals surface area contributed by atoms with Crippen LogP contribution in [-0.4, -0.2) is 45.3 Å². The molecule has 1 amide bonds. The Morgan fingerprint density at radius 3 is 2.53 bits per heavy atom. The molecule has 1 aromatic rings. The molecule has 0 aliphatic heterocycles. The number of likely N-dealkylation sites (N-methyl/N-ethyl adjacent to an activating group) is 1. The molecule has 0 aromatic carbocycles. The van der Waals surface area contributed by atoms with Gasteiger partial charge in [0.25, 0.3) is 5.91 Å². The van der Waals surface area contributed by atoms with E-state index in [0.717, 1.165) is 10.6 Å². The second-order valence-corrected chi connectivity index (χ2v) is 4.24. The van der Waals surface area contributed by atoms with Gasteiger partial charge in [-0.3, -0.25) is 14.3 Å². The SMILES string of the molecule is Cc1c(C(=O)N(C)CC(=O)O)cnn1C(C)C. The third-order valence-electron chi connectivity index (χ3n) is 2.48. The van der Waals surface area contributed by atoms with Crippen LogP contribution >= 0.6 is 0 Å². The average Bonchev–Trinajstić information content (AvgIpc) is 2.57. The van der Waals surface area contributed by atoms with Crippen LogP contribution in [0.5, 0.6) is 0 Å². The van der Waals surface area contributed by atoms with E-state index in [4.69, 9.17) is 5.11 Å². The molecule has 6 nitrogen and oxygen atoms in total. The molecule has 0 spiro atoms. The van der Waals surface area contributed by atoms with Crippen molar-refractivity contribution in [3.63, 3.8) is 0 Å². The lowest BCUT2D eigenvalue weighted by Gasteiger charge is -2.14. The van der Waals surface area contributed by atoms with Crippen molar-refractivity contribution in [2.24, 2.45) is 0 Å². The van der Waals surface area contributed by atoms with Gasteiger partial charge < -0.3 is 10.0 Å². The molecule has 94 valence electrons. The highest BCUT2D eigenvalue weighted by Crippen LogP contribution is 2.14. The Morgan fingerprint density at radius 1 is 1.53 bits per heavy atom. The average molecular weight is 239 g/mol. The van der Waals surface area contributed by atoms with Gasteiger partial charge in [-0.15, -0.1) is 0 Å². The smallest absolute Gasteiger partial charge is 0.323 e. The van der Waals surface area contributed by atoms with Crippen molar-refractivity contribution >= 4 is 11.9 Å². The normalized spacial score (nSPS) is 10.6. The third kappa shape index (κ3) is 2.83. The molecule has 1 N–H and O–H groups in total. The van der Waals surface area contributed by atoms with E-state index in [1.807, 2.05) is 13.8 Å². The summed E-state index contributed by atoms with van der Waals surface area (Å²) in [5, 5.41) is 12.7. The van der Waals surface area contributed by atoms with Crippen molar-refractivity contribution < 1.29 is 14.7 Å². The van der Waals surface area contributed by atoms with E-state index in [9.17, 15) is 9.59 Å². The predicted molar refractivity (Wildman–Crippen MR) is 61.9 cm³/mol. The highest BCUT2D eigenvalue weighted by molar-refractivity contribution is 5.96. The van der Waals surface area contributed by atoms with Gasteiger partial charge in [0.2, 0.25) is 0 Å². The van der Waals surface area contributed by atoms with Crippen LogP contribution in [0.2, 0.25) is 0 Å². The van der Waals surface area contributed by atoms with Gasteiger partial charge in [0, 0.05) is 18.8 Å². The van der Waals surface area contributed by atoms with Crippen LogP contribution in [-0.2, 0) is 4.79 Å². The second-order valence-electron chi connectivity index (χ2n) is 4.24. The lowest BCUT2D eigenvalue weighted by Crippen LogP contribution is -2.32. The molecule has 0 aliphatic rings. The summed E-state index contributed by atoms with van der Waals surface area (Å²) in [7, 11) is 1.46. The van der Waals surface area contributed by atoms with Gasteiger partial charge in [-0.2, -0.15) is 5.10 Å². The van der Waals surface area contributed by atoms with Crippen molar-refractivity contribution in [1.29, 1.82) is 0 Å². The lowest BCUT2D eigenvalue weighted by atomic mass is 10.2. The summed E-state index contributed by atoms with van der Waals surface area (Å²) in [6.07, 6.45) is 1.48. The maximum Gasteiger partial charge on any atom is 0.323 e. The van der Waals surface area contributed by atoms with Crippen LogP contribution in [0.3, 0.4) is 0 Å². The molecule has 0 atom stereocenters. The van der Waals surface area contributed by atoms with Crippen LogP contribution in [0.15, 0.2) is 6.20 Å². The fraction of sp³-hybridized carbons (Fsp3) is 0.545. The number of hydrogen-bond donors (Lipinski definition) is 1. The molecule has 0 saturated carbocycles. The number of rotatable bonds is 4. The molecule has 17 heavy (non-hydrogen) atoms. The summed E-state index contributed by atoms with van der Waals surface area (Å²) in [4.78, 5) is 23.6. The standard InChI is InChI=1S/C11H17N3O3/c1-7(2)14-8(3)9(5-12-14)11(17)13(4)6-10(15)16/h5,7H,6H2,1-4H3,(H,15,16). The molecule has 0 bridgehead atoms. The summed E-state index contributed by atoms with van der Waals surface area (Å²) >= 11 is 0. The minimum absolute atomic E-state index is 0.168. The number of carboxylic acids is 1. The van der Waals surface area contributed by atoms with E-state index in [1.54, 1.807) is 11.6 Å². The molecule has 0 unspecified atom stereocenters. The maximum absolute atomic E-state index is 11.9. The topological polar surface area (TPSA) is 75.4 Å². The second kappa shape index (κ2) is 4.99. The summed E-state index contributed by atoms with van der Waals surface area (Å²) in [6.45, 7) is 5.42. The van der Waals surface area contributed by atoms with Gasteiger partial charge >= 0.3 is 5.97 Å². The van der Waals surface area contributed by atoms with Crippen LogP contribution < -0.4 is 0 Å². The number of carbonyl (C=O) groups excluding carboxylic acids is 1. The van der Waals surface area contributed by atoms with E-state index >= 15 is 0 Å². The number of nitrogens with zero attached hydrogens (tertiary/aromatic N) is 3. The minimum atomic E-state index is -1.03. The van der Waals surface area contributed by atoms with Crippen molar-refractivity contribution in [1.82, 2.24) is 14.7 Å². The van der Waals surface area contributed by atoms with E-state index in [0.29, 0.717) is 5.56 Å². The van der Waals surface area contributed by atoms with Crippen molar-refractivity contribution in [2.45, 2.75) is 26.8 Å². The van der Waals surface area contributed by atoms with Crippen molar-refractivity contribution in [3.05, 3.63) is 17.5 Å². The first kappa shape index (κ1) is 13.2. The Labute approximate surface area is 99.8 Å². The zero-order valence-corrected chi connectivity index (χ0v) is 10.5. The maximum atomic E-state index is 11.9. The summed E-state index contributed by atoms with van der Waals surface area (Å²) < 4.78 is 1.74. The summed E-state index contributed by atoms with van der Waals surface area (Å²) in [6, 6.07) is 0.168. The van der Waals surface area contributed by atoms with Gasteiger partial charge in [-0.25, -0.2) is 0 Å². The molecule has 0 radical (unpaired) electrons. The highest BCUT2D eigenvalue weighted by atomic mass is 16.4. The number of hydrogen-bond acceptors (Lipinski definition) is 3. The Morgan fingerprint density at radius 2 is 2.12 bits per heavy atom. The first-order valence-corrected chi connectivity index (χ1v) is 5.36. The number of carbonyl (C=O) groups is 2. The Bertz CT molecular complexity index is 437.